The molecule has 0 atom stereocenters. The van der Waals surface area contributed by atoms with Crippen molar-refractivity contribution in [1.82, 2.24) is 5.32 Å². The molecule has 0 saturated heterocycles. The fourth-order valence-corrected chi connectivity index (χ4v) is 0.807. The first kappa shape index (κ1) is 5.67. The van der Waals surface area contributed by atoms with Gasteiger partial charge < -0.3 is 5.32 Å². The molecule has 0 aromatic heterocycles. The van der Waals surface area contributed by atoms with Crippen molar-refractivity contribution in [3.05, 3.63) is 12.3 Å². The predicted molar refractivity (Wildman–Crippen MR) is 35.6 cm³/mol. The van der Waals surface area contributed by atoms with Gasteiger partial charge >= 0.3 is 0 Å². The van der Waals surface area contributed by atoms with Crippen molar-refractivity contribution in [3.8, 4) is 0 Å². The summed E-state index contributed by atoms with van der Waals surface area (Å²) in [6, 6.07) is 0.797. The Morgan fingerprint density at radius 1 is 1.50 bits per heavy atom. The maximum absolute atomic E-state index is 3.29. The molecule has 1 nitrogen and oxygen atoms in total. The predicted octanol–water partition coefficient (Wildman–Crippen LogP) is 1.66. The highest BCUT2D eigenvalue weighted by molar-refractivity contribution is 4.84. The zero-order chi connectivity index (χ0) is 5.82. The summed E-state index contributed by atoms with van der Waals surface area (Å²) in [6.07, 6.45) is 8.21. The summed E-state index contributed by atoms with van der Waals surface area (Å²) in [7, 11) is 0. The lowest BCUT2D eigenvalue weighted by atomic mass is 9.93. The third kappa shape index (κ3) is 1.25. The second-order valence-electron chi connectivity index (χ2n) is 2.29. The Balaban J connectivity index is 2.01. The first-order valence-corrected chi connectivity index (χ1v) is 3.30. The summed E-state index contributed by atoms with van der Waals surface area (Å²) >= 11 is 0. The van der Waals surface area contributed by atoms with Gasteiger partial charge in [-0.25, -0.2) is 0 Å². The van der Waals surface area contributed by atoms with E-state index in [1.165, 1.54) is 19.3 Å². The summed E-state index contributed by atoms with van der Waals surface area (Å²) in [6.45, 7) is 2.03. The highest BCUT2D eigenvalue weighted by atomic mass is 14.9. The van der Waals surface area contributed by atoms with Gasteiger partial charge in [0.25, 0.3) is 0 Å². The Labute approximate surface area is 50.8 Å². The third-order valence-corrected chi connectivity index (χ3v) is 1.60. The molecule has 1 N–H and O–H groups in total. The lowest BCUT2D eigenvalue weighted by Crippen LogP contribution is -2.30. The molecule has 0 spiro atoms. The summed E-state index contributed by atoms with van der Waals surface area (Å²) < 4.78 is 0. The summed E-state index contributed by atoms with van der Waals surface area (Å²) in [5, 5.41) is 3.29. The molecule has 0 aliphatic heterocycles. The molecule has 46 valence electrons. The van der Waals surface area contributed by atoms with Crippen LogP contribution in [0.25, 0.3) is 0 Å². The number of rotatable bonds is 2. The molecule has 1 saturated carbocycles. The normalized spacial score (nSPS) is 21.1. The van der Waals surface area contributed by atoms with Crippen molar-refractivity contribution < 1.29 is 0 Å². The largest absolute Gasteiger partial charge is 0.388 e. The van der Waals surface area contributed by atoms with Crippen LogP contribution < -0.4 is 5.32 Å². The lowest BCUT2D eigenvalue weighted by Gasteiger charge is -2.25. The molecular formula is C7H13N. The summed E-state index contributed by atoms with van der Waals surface area (Å²) in [5.74, 6) is 0. The standard InChI is InChI=1S/C7H13N/c1-2-6-8-7-4-3-5-7/h2,6-8H,3-5H2,1H3/b6-2+. The molecule has 0 aromatic carbocycles. The molecule has 1 aliphatic carbocycles. The van der Waals surface area contributed by atoms with E-state index in [-0.39, 0.29) is 0 Å². The van der Waals surface area contributed by atoms with E-state index >= 15 is 0 Å². The monoisotopic (exact) mass is 111 g/mol. The minimum Gasteiger partial charge on any atom is -0.388 e. The number of nitrogens with one attached hydrogen (secondary N) is 1. The molecule has 1 rings (SSSR count). The van der Waals surface area contributed by atoms with Gasteiger partial charge in [-0.05, 0) is 32.4 Å². The van der Waals surface area contributed by atoms with Gasteiger partial charge in [0.1, 0.15) is 0 Å². The van der Waals surface area contributed by atoms with E-state index in [1.54, 1.807) is 0 Å². The summed E-state index contributed by atoms with van der Waals surface area (Å²) in [4.78, 5) is 0. The molecule has 8 heavy (non-hydrogen) atoms. The van der Waals surface area contributed by atoms with Crippen molar-refractivity contribution >= 4 is 0 Å². The van der Waals surface area contributed by atoms with E-state index < -0.39 is 0 Å². The average Bonchev–Trinajstić information content (AvgIpc) is 1.63. The van der Waals surface area contributed by atoms with Gasteiger partial charge in [0, 0.05) is 6.04 Å². The molecule has 0 unspecified atom stereocenters. The summed E-state index contributed by atoms with van der Waals surface area (Å²) in [5.41, 5.74) is 0. The van der Waals surface area contributed by atoms with E-state index in [9.17, 15) is 0 Å². The molecule has 0 aromatic rings. The highest BCUT2D eigenvalue weighted by Gasteiger charge is 2.13. The Bertz CT molecular complexity index is 82.4. The zero-order valence-corrected chi connectivity index (χ0v) is 5.35. The van der Waals surface area contributed by atoms with Crippen LogP contribution >= 0.6 is 0 Å². The fourth-order valence-electron chi connectivity index (χ4n) is 0.807. The quantitative estimate of drug-likeness (QED) is 0.571. The first-order chi connectivity index (χ1) is 3.93. The Morgan fingerprint density at radius 3 is 2.62 bits per heavy atom. The van der Waals surface area contributed by atoms with Crippen LogP contribution in [0.5, 0.6) is 0 Å². The van der Waals surface area contributed by atoms with Crippen LogP contribution in [0.15, 0.2) is 12.3 Å². The number of hydrogen-bond donors (Lipinski definition) is 1. The topological polar surface area (TPSA) is 12.0 Å². The number of allylic oxidation sites excluding steroid dienone is 1. The molecular weight excluding hydrogens is 98.1 g/mol. The van der Waals surface area contributed by atoms with Gasteiger partial charge in [-0.1, -0.05) is 6.08 Å². The SMILES string of the molecule is C/C=C/NC1CCC1. The zero-order valence-electron chi connectivity index (χ0n) is 5.35. The minimum absolute atomic E-state index is 0.797. The molecule has 0 amide bonds. The van der Waals surface area contributed by atoms with E-state index in [2.05, 4.69) is 5.32 Å². The van der Waals surface area contributed by atoms with Crippen molar-refractivity contribution in [3.63, 3.8) is 0 Å². The maximum Gasteiger partial charge on any atom is 0.0255 e. The van der Waals surface area contributed by atoms with Crippen molar-refractivity contribution in [2.24, 2.45) is 0 Å². The van der Waals surface area contributed by atoms with E-state index in [0.29, 0.717) is 0 Å². The smallest absolute Gasteiger partial charge is 0.0255 e. The van der Waals surface area contributed by atoms with Crippen LogP contribution in [-0.4, -0.2) is 6.04 Å². The molecule has 1 aliphatic rings. The van der Waals surface area contributed by atoms with Crippen LogP contribution in [0.2, 0.25) is 0 Å². The van der Waals surface area contributed by atoms with Gasteiger partial charge in [0.15, 0.2) is 0 Å². The van der Waals surface area contributed by atoms with Crippen LogP contribution in [0.4, 0.5) is 0 Å². The van der Waals surface area contributed by atoms with E-state index in [0.717, 1.165) is 6.04 Å². The van der Waals surface area contributed by atoms with Gasteiger partial charge in [-0.3, -0.25) is 0 Å². The Morgan fingerprint density at radius 2 is 2.25 bits per heavy atom. The van der Waals surface area contributed by atoms with Gasteiger partial charge in [-0.15, -0.1) is 0 Å². The second kappa shape index (κ2) is 2.75. The lowest BCUT2D eigenvalue weighted by molar-refractivity contribution is 0.373. The molecule has 0 radical (unpaired) electrons. The van der Waals surface area contributed by atoms with Crippen molar-refractivity contribution in [2.45, 2.75) is 32.2 Å². The third-order valence-electron chi connectivity index (χ3n) is 1.60. The molecule has 1 heteroatoms. The number of hydrogen-bond acceptors (Lipinski definition) is 1. The van der Waals surface area contributed by atoms with Gasteiger partial charge in [0.2, 0.25) is 0 Å². The van der Waals surface area contributed by atoms with Crippen LogP contribution in [0, 0.1) is 0 Å². The maximum atomic E-state index is 3.29. The average molecular weight is 111 g/mol. The van der Waals surface area contributed by atoms with Crippen LogP contribution in [0.1, 0.15) is 26.2 Å². The van der Waals surface area contributed by atoms with Crippen molar-refractivity contribution in [2.75, 3.05) is 0 Å². The Hall–Kier alpha value is -0.460. The fraction of sp³-hybridized carbons (Fsp3) is 0.714. The van der Waals surface area contributed by atoms with Crippen molar-refractivity contribution in [1.29, 1.82) is 0 Å². The van der Waals surface area contributed by atoms with Crippen LogP contribution in [0.3, 0.4) is 0 Å². The first-order valence-electron chi connectivity index (χ1n) is 3.30. The molecule has 0 bridgehead atoms. The van der Waals surface area contributed by atoms with Crippen LogP contribution in [-0.2, 0) is 0 Å². The Kier molecular flexibility index (Phi) is 1.95. The van der Waals surface area contributed by atoms with E-state index in [1.807, 2.05) is 19.2 Å². The highest BCUT2D eigenvalue weighted by Crippen LogP contribution is 2.17. The molecule has 0 heterocycles. The molecule has 1 fully saturated rings. The minimum atomic E-state index is 0.797. The second-order valence-corrected chi connectivity index (χ2v) is 2.29. The van der Waals surface area contributed by atoms with Gasteiger partial charge in [0.05, 0.1) is 0 Å². The van der Waals surface area contributed by atoms with E-state index in [4.69, 9.17) is 0 Å². The van der Waals surface area contributed by atoms with Gasteiger partial charge in [-0.2, -0.15) is 0 Å².